The normalized spacial score (nSPS) is 14.3. The minimum absolute atomic E-state index is 0.153. The summed E-state index contributed by atoms with van der Waals surface area (Å²) in [5.74, 6) is 0.845. The van der Waals surface area contributed by atoms with Gasteiger partial charge in [0.15, 0.2) is 5.82 Å². The summed E-state index contributed by atoms with van der Waals surface area (Å²) in [4.78, 5) is 23.7. The van der Waals surface area contributed by atoms with Gasteiger partial charge in [0.05, 0.1) is 5.69 Å². The number of aryl methyl sites for hydroxylation is 1. The highest BCUT2D eigenvalue weighted by molar-refractivity contribution is 5.94. The zero-order valence-corrected chi connectivity index (χ0v) is 11.7. The molecule has 0 radical (unpaired) electrons. The van der Waals surface area contributed by atoms with Gasteiger partial charge in [-0.2, -0.15) is 0 Å². The molecule has 0 saturated heterocycles. The van der Waals surface area contributed by atoms with E-state index in [9.17, 15) is 4.79 Å². The van der Waals surface area contributed by atoms with E-state index in [1.54, 1.807) is 12.3 Å². The van der Waals surface area contributed by atoms with Gasteiger partial charge in [0.1, 0.15) is 11.4 Å². The van der Waals surface area contributed by atoms with Crippen LogP contribution in [0, 0.1) is 0 Å². The Morgan fingerprint density at radius 3 is 3.05 bits per heavy atom. The molecular weight excluding hydrogens is 282 g/mol. The molecular formula is C15H13N5O2. The van der Waals surface area contributed by atoms with Crippen LogP contribution in [-0.4, -0.2) is 32.6 Å². The van der Waals surface area contributed by atoms with Crippen molar-refractivity contribution in [2.75, 3.05) is 6.54 Å². The molecule has 3 aromatic rings. The van der Waals surface area contributed by atoms with E-state index in [1.807, 2.05) is 18.2 Å². The Kier molecular flexibility index (Phi) is 2.96. The number of amides is 1. The predicted molar refractivity (Wildman–Crippen MR) is 78.0 cm³/mol. The fourth-order valence-corrected chi connectivity index (χ4v) is 2.47. The first-order valence-corrected chi connectivity index (χ1v) is 7.07. The summed E-state index contributed by atoms with van der Waals surface area (Å²) in [7, 11) is 0. The number of imidazole rings is 1. The van der Waals surface area contributed by atoms with Gasteiger partial charge in [-0.15, -0.1) is 0 Å². The number of rotatable bonds is 2. The Labute approximate surface area is 125 Å². The van der Waals surface area contributed by atoms with Gasteiger partial charge >= 0.3 is 0 Å². The van der Waals surface area contributed by atoms with E-state index in [2.05, 4.69) is 25.4 Å². The third kappa shape index (κ3) is 2.16. The van der Waals surface area contributed by atoms with Crippen LogP contribution in [0.15, 0.2) is 35.0 Å². The predicted octanol–water partition coefficient (Wildman–Crippen LogP) is 1.80. The average molecular weight is 295 g/mol. The Morgan fingerprint density at radius 1 is 1.23 bits per heavy atom. The quantitative estimate of drug-likeness (QED) is 0.751. The van der Waals surface area contributed by atoms with Crippen molar-refractivity contribution >= 4 is 5.91 Å². The molecule has 4 rings (SSSR count). The third-order valence-electron chi connectivity index (χ3n) is 3.55. The number of carbonyl (C=O) groups is 1. The Hall–Kier alpha value is -2.96. The third-order valence-corrected chi connectivity index (χ3v) is 3.55. The molecule has 3 aromatic heterocycles. The molecule has 1 aliphatic heterocycles. The van der Waals surface area contributed by atoms with Crippen LogP contribution < -0.4 is 5.32 Å². The molecule has 7 heteroatoms. The highest BCUT2D eigenvalue weighted by Crippen LogP contribution is 2.24. The largest absolute Gasteiger partial charge is 0.352 e. The van der Waals surface area contributed by atoms with Gasteiger partial charge in [0, 0.05) is 24.5 Å². The van der Waals surface area contributed by atoms with Gasteiger partial charge in [0.25, 0.3) is 5.91 Å². The zero-order valence-electron chi connectivity index (χ0n) is 11.7. The summed E-state index contributed by atoms with van der Waals surface area (Å²) in [6.07, 6.45) is 3.36. The molecule has 0 fully saturated rings. The minimum atomic E-state index is -0.153. The van der Waals surface area contributed by atoms with Crippen LogP contribution in [0.5, 0.6) is 0 Å². The lowest BCUT2D eigenvalue weighted by molar-refractivity contribution is 0.0951. The molecule has 22 heavy (non-hydrogen) atoms. The molecule has 1 aliphatic rings. The van der Waals surface area contributed by atoms with E-state index >= 15 is 0 Å². The van der Waals surface area contributed by atoms with Gasteiger partial charge in [-0.3, -0.25) is 9.78 Å². The molecule has 2 N–H and O–H groups in total. The highest BCUT2D eigenvalue weighted by Gasteiger charge is 2.22. The molecule has 110 valence electrons. The topological polar surface area (TPSA) is 96.7 Å². The standard InChI is InChI=1S/C15H13N5O2/c21-15-13-10(5-3-7-17-15)18-14(19-13)12-8-11(20-22-12)9-4-1-2-6-16-9/h1-2,4,6,8H,3,5,7H2,(H,17,21)(H,18,19). The fraction of sp³-hybridized carbons (Fsp3) is 0.200. The number of pyridine rings is 1. The minimum Gasteiger partial charge on any atom is -0.352 e. The number of aromatic amines is 1. The van der Waals surface area contributed by atoms with Gasteiger partial charge < -0.3 is 14.8 Å². The van der Waals surface area contributed by atoms with Crippen molar-refractivity contribution in [3.8, 4) is 23.0 Å². The van der Waals surface area contributed by atoms with E-state index in [-0.39, 0.29) is 5.91 Å². The zero-order chi connectivity index (χ0) is 14.9. The van der Waals surface area contributed by atoms with Crippen LogP contribution in [0.2, 0.25) is 0 Å². The smallest absolute Gasteiger partial charge is 0.271 e. The van der Waals surface area contributed by atoms with Gasteiger partial charge in [-0.1, -0.05) is 11.2 Å². The molecule has 0 aromatic carbocycles. The van der Waals surface area contributed by atoms with E-state index in [1.165, 1.54) is 0 Å². The Morgan fingerprint density at radius 2 is 2.18 bits per heavy atom. The van der Waals surface area contributed by atoms with Crippen molar-refractivity contribution in [3.05, 3.63) is 41.9 Å². The second-order valence-corrected chi connectivity index (χ2v) is 5.06. The number of H-pyrrole nitrogens is 1. The summed E-state index contributed by atoms with van der Waals surface area (Å²) in [6.45, 7) is 0.671. The van der Waals surface area contributed by atoms with Crippen LogP contribution in [0.1, 0.15) is 22.6 Å². The first-order valence-electron chi connectivity index (χ1n) is 7.07. The van der Waals surface area contributed by atoms with E-state index < -0.39 is 0 Å². The molecule has 0 atom stereocenters. The van der Waals surface area contributed by atoms with Crippen LogP contribution in [-0.2, 0) is 6.42 Å². The number of carbonyl (C=O) groups excluding carboxylic acids is 1. The van der Waals surface area contributed by atoms with Crippen molar-refractivity contribution < 1.29 is 9.32 Å². The van der Waals surface area contributed by atoms with Crippen molar-refractivity contribution in [3.63, 3.8) is 0 Å². The van der Waals surface area contributed by atoms with Gasteiger partial charge in [0.2, 0.25) is 5.76 Å². The molecule has 0 aliphatic carbocycles. The van der Waals surface area contributed by atoms with Crippen LogP contribution in [0.3, 0.4) is 0 Å². The van der Waals surface area contributed by atoms with Crippen molar-refractivity contribution in [2.24, 2.45) is 0 Å². The molecule has 7 nitrogen and oxygen atoms in total. The summed E-state index contributed by atoms with van der Waals surface area (Å²) >= 11 is 0. The number of hydrogen-bond acceptors (Lipinski definition) is 5. The van der Waals surface area contributed by atoms with E-state index in [0.29, 0.717) is 29.5 Å². The Balaban J connectivity index is 1.70. The van der Waals surface area contributed by atoms with Gasteiger partial charge in [-0.05, 0) is 25.0 Å². The number of aromatic nitrogens is 4. The maximum absolute atomic E-state index is 11.9. The number of nitrogens with one attached hydrogen (secondary N) is 2. The van der Waals surface area contributed by atoms with Gasteiger partial charge in [-0.25, -0.2) is 4.98 Å². The van der Waals surface area contributed by atoms with Crippen molar-refractivity contribution in [1.29, 1.82) is 0 Å². The molecule has 0 saturated carbocycles. The lowest BCUT2D eigenvalue weighted by atomic mass is 10.2. The lowest BCUT2D eigenvalue weighted by Crippen LogP contribution is -2.23. The maximum atomic E-state index is 11.9. The Bertz CT molecular complexity index is 822. The van der Waals surface area contributed by atoms with E-state index in [0.717, 1.165) is 24.2 Å². The molecule has 4 heterocycles. The molecule has 0 spiro atoms. The average Bonchev–Trinajstić information content (AvgIpc) is 3.16. The molecule has 0 bridgehead atoms. The summed E-state index contributed by atoms with van der Waals surface area (Å²) < 4.78 is 5.33. The second kappa shape index (κ2) is 5.10. The lowest BCUT2D eigenvalue weighted by Gasteiger charge is -1.95. The second-order valence-electron chi connectivity index (χ2n) is 5.06. The van der Waals surface area contributed by atoms with Crippen molar-refractivity contribution in [1.82, 2.24) is 25.4 Å². The monoisotopic (exact) mass is 295 g/mol. The molecule has 1 amide bonds. The maximum Gasteiger partial charge on any atom is 0.271 e. The van der Waals surface area contributed by atoms with Crippen LogP contribution >= 0.6 is 0 Å². The van der Waals surface area contributed by atoms with Crippen molar-refractivity contribution in [2.45, 2.75) is 12.8 Å². The summed E-state index contributed by atoms with van der Waals surface area (Å²) in [6, 6.07) is 7.34. The fourth-order valence-electron chi connectivity index (χ4n) is 2.47. The summed E-state index contributed by atoms with van der Waals surface area (Å²) in [5.41, 5.74) is 2.62. The number of hydrogen-bond donors (Lipinski definition) is 2. The van der Waals surface area contributed by atoms with E-state index in [4.69, 9.17) is 4.52 Å². The first kappa shape index (κ1) is 12.8. The number of nitrogens with zero attached hydrogens (tertiary/aromatic N) is 3. The van der Waals surface area contributed by atoms with Crippen LogP contribution in [0.25, 0.3) is 23.0 Å². The first-order chi connectivity index (χ1) is 10.8. The molecule has 0 unspecified atom stereocenters. The van der Waals surface area contributed by atoms with Crippen LogP contribution in [0.4, 0.5) is 0 Å². The number of fused-ring (bicyclic) bond motifs is 1. The summed E-state index contributed by atoms with van der Waals surface area (Å²) in [5, 5.41) is 6.83. The SMILES string of the molecule is O=C1NCCCc2[nH]c(-c3cc(-c4ccccn4)no3)nc21. The highest BCUT2D eigenvalue weighted by atomic mass is 16.5.